The molecule has 0 radical (unpaired) electrons. The minimum atomic E-state index is -2.67. The number of alkyl halides is 2. The highest BCUT2D eigenvalue weighted by Gasteiger charge is 2.40. The van der Waals surface area contributed by atoms with E-state index in [0.29, 0.717) is 36.5 Å². The zero-order valence-corrected chi connectivity index (χ0v) is 19.2. The lowest BCUT2D eigenvalue weighted by Gasteiger charge is -2.31. The number of benzene rings is 1. The van der Waals surface area contributed by atoms with Gasteiger partial charge in [-0.1, -0.05) is 12.1 Å². The van der Waals surface area contributed by atoms with Crippen LogP contribution in [0.15, 0.2) is 36.4 Å². The second kappa shape index (κ2) is 10.5. The van der Waals surface area contributed by atoms with E-state index in [4.69, 9.17) is 4.74 Å². The number of hydrogen-bond donors (Lipinski definition) is 3. The first-order chi connectivity index (χ1) is 16.3. The number of aromatic nitrogens is 1. The van der Waals surface area contributed by atoms with Crippen LogP contribution in [0.4, 0.5) is 8.78 Å². The predicted octanol–water partition coefficient (Wildman–Crippen LogP) is 2.94. The first-order valence-corrected chi connectivity index (χ1v) is 11.7. The molecule has 1 atom stereocenters. The summed E-state index contributed by atoms with van der Waals surface area (Å²) in [5.74, 6) is -3.41. The van der Waals surface area contributed by atoms with Gasteiger partial charge in [0.05, 0.1) is 6.61 Å². The zero-order chi connectivity index (χ0) is 24.1. The lowest BCUT2D eigenvalue weighted by Crippen LogP contribution is -2.45. The van der Waals surface area contributed by atoms with Gasteiger partial charge in [-0.05, 0) is 49.1 Å². The summed E-state index contributed by atoms with van der Waals surface area (Å²) in [6.45, 7) is 0.827. The first-order valence-electron chi connectivity index (χ1n) is 11.7. The maximum atomic E-state index is 14.0. The molecule has 182 valence electrons. The van der Waals surface area contributed by atoms with Crippen LogP contribution in [0.1, 0.15) is 57.8 Å². The number of halogens is 2. The van der Waals surface area contributed by atoms with Crippen molar-refractivity contribution >= 4 is 11.8 Å². The van der Waals surface area contributed by atoms with E-state index in [1.54, 1.807) is 12.1 Å². The topological polar surface area (TPSA) is 92.4 Å². The number of pyridine rings is 1. The van der Waals surface area contributed by atoms with Gasteiger partial charge in [-0.15, -0.1) is 0 Å². The number of nitrogens with one attached hydrogen (secondary N) is 3. The van der Waals surface area contributed by atoms with Gasteiger partial charge in [-0.2, -0.15) is 0 Å². The SMILES string of the molecule is CNC(=O)c1cc(C(=O)NC2CC2)cc(Cc2cccc(OCCC3CNCCC3(F)F)c2)n1. The molecular weight excluding hydrogens is 442 g/mol. The molecule has 1 saturated carbocycles. The lowest BCUT2D eigenvalue weighted by molar-refractivity contribution is -0.0835. The van der Waals surface area contributed by atoms with Crippen molar-refractivity contribution in [3.05, 3.63) is 58.9 Å². The Morgan fingerprint density at radius 3 is 2.76 bits per heavy atom. The quantitative estimate of drug-likeness (QED) is 0.522. The zero-order valence-electron chi connectivity index (χ0n) is 19.2. The molecule has 4 rings (SSSR count). The summed E-state index contributed by atoms with van der Waals surface area (Å²) in [7, 11) is 1.51. The van der Waals surface area contributed by atoms with Crippen molar-refractivity contribution in [2.24, 2.45) is 5.92 Å². The fourth-order valence-electron chi connectivity index (χ4n) is 4.02. The third-order valence-corrected chi connectivity index (χ3v) is 6.15. The van der Waals surface area contributed by atoms with Gasteiger partial charge < -0.3 is 20.7 Å². The van der Waals surface area contributed by atoms with Crippen LogP contribution >= 0.6 is 0 Å². The van der Waals surface area contributed by atoms with E-state index in [-0.39, 0.29) is 43.0 Å². The average molecular weight is 473 g/mol. The molecule has 2 amide bonds. The third-order valence-electron chi connectivity index (χ3n) is 6.15. The summed E-state index contributed by atoms with van der Waals surface area (Å²) < 4.78 is 33.8. The number of rotatable bonds is 9. The van der Waals surface area contributed by atoms with Gasteiger partial charge in [0.25, 0.3) is 17.7 Å². The summed E-state index contributed by atoms with van der Waals surface area (Å²) in [6, 6.07) is 10.7. The number of amides is 2. The molecule has 0 spiro atoms. The van der Waals surface area contributed by atoms with Crippen LogP contribution in [-0.4, -0.2) is 55.5 Å². The van der Waals surface area contributed by atoms with Crippen molar-refractivity contribution in [2.45, 2.75) is 44.1 Å². The molecule has 1 unspecified atom stereocenters. The molecule has 1 saturated heterocycles. The fraction of sp³-hybridized carbons (Fsp3) is 0.480. The molecular formula is C25H30F2N4O3. The van der Waals surface area contributed by atoms with Gasteiger partial charge >= 0.3 is 0 Å². The van der Waals surface area contributed by atoms with Crippen LogP contribution in [0.25, 0.3) is 0 Å². The highest BCUT2D eigenvalue weighted by Crippen LogP contribution is 2.32. The Kier molecular flexibility index (Phi) is 7.41. The lowest BCUT2D eigenvalue weighted by atomic mass is 9.92. The largest absolute Gasteiger partial charge is 0.494 e. The molecule has 7 nitrogen and oxygen atoms in total. The van der Waals surface area contributed by atoms with Crippen molar-refractivity contribution in [3.63, 3.8) is 0 Å². The Labute approximate surface area is 197 Å². The van der Waals surface area contributed by atoms with Crippen molar-refractivity contribution in [1.29, 1.82) is 0 Å². The maximum Gasteiger partial charge on any atom is 0.269 e. The van der Waals surface area contributed by atoms with Gasteiger partial charge in [0.15, 0.2) is 0 Å². The van der Waals surface area contributed by atoms with E-state index in [0.717, 1.165) is 18.4 Å². The fourth-order valence-corrected chi connectivity index (χ4v) is 4.02. The highest BCUT2D eigenvalue weighted by atomic mass is 19.3. The third kappa shape index (κ3) is 6.28. The van der Waals surface area contributed by atoms with Gasteiger partial charge in [-0.3, -0.25) is 9.59 Å². The van der Waals surface area contributed by atoms with Crippen molar-refractivity contribution in [3.8, 4) is 5.75 Å². The molecule has 2 heterocycles. The maximum absolute atomic E-state index is 14.0. The van der Waals surface area contributed by atoms with Gasteiger partial charge in [0, 0.05) is 56.2 Å². The minimum absolute atomic E-state index is 0.143. The van der Waals surface area contributed by atoms with E-state index >= 15 is 0 Å². The molecule has 9 heteroatoms. The minimum Gasteiger partial charge on any atom is -0.494 e. The molecule has 3 N–H and O–H groups in total. The van der Waals surface area contributed by atoms with Gasteiger partial charge in [-0.25, -0.2) is 13.8 Å². The Morgan fingerprint density at radius 1 is 1.21 bits per heavy atom. The Morgan fingerprint density at radius 2 is 2.03 bits per heavy atom. The predicted molar refractivity (Wildman–Crippen MR) is 123 cm³/mol. The van der Waals surface area contributed by atoms with E-state index in [1.165, 1.54) is 13.1 Å². The number of hydrogen-bond acceptors (Lipinski definition) is 5. The molecule has 0 bridgehead atoms. The molecule has 2 fully saturated rings. The molecule has 2 aliphatic rings. The molecule has 1 aliphatic heterocycles. The average Bonchev–Trinajstić information content (AvgIpc) is 3.63. The Bertz CT molecular complexity index is 1040. The van der Waals surface area contributed by atoms with Crippen LogP contribution in [0.5, 0.6) is 5.75 Å². The van der Waals surface area contributed by atoms with E-state index < -0.39 is 11.8 Å². The summed E-state index contributed by atoms with van der Waals surface area (Å²) >= 11 is 0. The molecule has 1 aromatic heterocycles. The van der Waals surface area contributed by atoms with Gasteiger partial charge in [0.2, 0.25) is 0 Å². The van der Waals surface area contributed by atoms with E-state index in [2.05, 4.69) is 20.9 Å². The smallest absolute Gasteiger partial charge is 0.269 e. The van der Waals surface area contributed by atoms with Gasteiger partial charge in [0.1, 0.15) is 11.4 Å². The van der Waals surface area contributed by atoms with E-state index in [9.17, 15) is 18.4 Å². The Hall–Kier alpha value is -3.07. The molecule has 34 heavy (non-hydrogen) atoms. The summed E-state index contributed by atoms with van der Waals surface area (Å²) in [5.41, 5.74) is 2.02. The summed E-state index contributed by atoms with van der Waals surface area (Å²) in [5, 5.41) is 8.50. The number of nitrogens with zero attached hydrogens (tertiary/aromatic N) is 1. The molecule has 2 aromatic rings. The summed E-state index contributed by atoms with van der Waals surface area (Å²) in [6.07, 6.45) is 2.44. The Balaban J connectivity index is 1.43. The highest BCUT2D eigenvalue weighted by molar-refractivity contribution is 5.98. The first kappa shape index (κ1) is 24.1. The van der Waals surface area contributed by atoms with Crippen LogP contribution < -0.4 is 20.7 Å². The van der Waals surface area contributed by atoms with Crippen molar-refractivity contribution in [1.82, 2.24) is 20.9 Å². The summed E-state index contributed by atoms with van der Waals surface area (Å²) in [4.78, 5) is 29.2. The number of piperidine rings is 1. The van der Waals surface area contributed by atoms with Crippen LogP contribution in [0, 0.1) is 5.92 Å². The number of carbonyl (C=O) groups is 2. The van der Waals surface area contributed by atoms with Crippen LogP contribution in [0.2, 0.25) is 0 Å². The van der Waals surface area contributed by atoms with Crippen LogP contribution in [0.3, 0.4) is 0 Å². The van der Waals surface area contributed by atoms with E-state index in [1.807, 2.05) is 18.2 Å². The normalized spacial score (nSPS) is 19.3. The standard InChI is InChI=1S/C25H30F2N4O3/c1-28-24(33)22-14-17(23(32)31-19-5-6-19)13-20(30-22)11-16-3-2-4-21(12-16)34-10-7-18-15-29-9-8-25(18,26)27/h2-4,12-14,18-19,29H,5-11,15H2,1H3,(H,28,33)(H,31,32). The number of ether oxygens (including phenoxy) is 1. The van der Waals surface area contributed by atoms with Crippen LogP contribution in [-0.2, 0) is 6.42 Å². The molecule has 1 aromatic carbocycles. The van der Waals surface area contributed by atoms with Crippen molar-refractivity contribution < 1.29 is 23.1 Å². The molecule has 1 aliphatic carbocycles. The second-order valence-electron chi connectivity index (χ2n) is 8.93. The second-order valence-corrected chi connectivity index (χ2v) is 8.93. The number of carbonyl (C=O) groups excluding carboxylic acids is 2. The van der Waals surface area contributed by atoms with Crippen molar-refractivity contribution in [2.75, 3.05) is 26.7 Å². The monoisotopic (exact) mass is 472 g/mol.